The minimum absolute atomic E-state index is 0.0453. The predicted octanol–water partition coefficient (Wildman–Crippen LogP) is 1.20. The predicted molar refractivity (Wildman–Crippen MR) is 81.1 cm³/mol. The maximum atomic E-state index is 9.81. The van der Waals surface area contributed by atoms with Crippen LogP contribution in [0.4, 0.5) is 0 Å². The van der Waals surface area contributed by atoms with Crippen LogP contribution < -0.4 is 0 Å². The van der Waals surface area contributed by atoms with Crippen LogP contribution in [0.2, 0.25) is 0 Å². The molecule has 1 saturated heterocycles. The summed E-state index contributed by atoms with van der Waals surface area (Å²) in [6, 6.07) is -0.772. The number of hydrogen-bond acceptors (Lipinski definition) is 7. The molecule has 116 valence electrons. The van der Waals surface area contributed by atoms with Gasteiger partial charge in [0.2, 0.25) is 0 Å². The van der Waals surface area contributed by atoms with Crippen LogP contribution in [-0.4, -0.2) is 65.2 Å². The molecule has 2 N–H and O–H groups in total. The van der Waals surface area contributed by atoms with E-state index < -0.39 is 24.5 Å². The zero-order valence-electron chi connectivity index (χ0n) is 11.2. The Morgan fingerprint density at radius 2 is 2.10 bits per heavy atom. The Labute approximate surface area is 128 Å². The molecule has 1 rings (SSSR count). The molecule has 0 spiro atoms. The quantitative estimate of drug-likeness (QED) is 0.194. The first kappa shape index (κ1) is 17.9. The van der Waals surface area contributed by atoms with E-state index in [-0.39, 0.29) is 6.61 Å². The molecule has 1 heterocycles. The third-order valence-corrected chi connectivity index (χ3v) is 4.29. The summed E-state index contributed by atoms with van der Waals surface area (Å²) in [5.41, 5.74) is 8.32. The molecule has 4 atom stereocenters. The lowest BCUT2D eigenvalue weighted by atomic mass is 10.0. The highest BCUT2D eigenvalue weighted by Gasteiger charge is 2.38. The molecule has 7 nitrogen and oxygen atoms in total. The van der Waals surface area contributed by atoms with E-state index in [1.54, 1.807) is 0 Å². The molecule has 0 unspecified atom stereocenters. The average Bonchev–Trinajstić information content (AvgIpc) is 2.45. The van der Waals surface area contributed by atoms with Crippen LogP contribution in [0.5, 0.6) is 0 Å². The standard InChI is InChI=1S/C11H21N3O4S2/c12-14-13-8-7-18-11(10(16)9(8)15)17-3-1-5-20-6-2-4-19/h8-11,15-16,19H,1-7H2/t8-,9-,10+,11-/m0/s1. The Balaban J connectivity index is 2.17. The summed E-state index contributed by atoms with van der Waals surface area (Å²) in [6.07, 6.45) is -1.28. The summed E-state index contributed by atoms with van der Waals surface area (Å²) >= 11 is 5.97. The Morgan fingerprint density at radius 3 is 2.80 bits per heavy atom. The first-order chi connectivity index (χ1) is 9.70. The molecule has 0 aromatic rings. The summed E-state index contributed by atoms with van der Waals surface area (Å²) in [6.45, 7) is 0.498. The van der Waals surface area contributed by atoms with E-state index in [1.807, 2.05) is 11.8 Å². The molecule has 0 amide bonds. The number of aliphatic hydroxyl groups excluding tert-OH is 2. The minimum Gasteiger partial charge on any atom is -0.390 e. The van der Waals surface area contributed by atoms with Crippen LogP contribution in [0.25, 0.3) is 10.4 Å². The summed E-state index contributed by atoms with van der Waals surface area (Å²) in [7, 11) is 0. The molecule has 1 aliphatic rings. The summed E-state index contributed by atoms with van der Waals surface area (Å²) < 4.78 is 10.7. The Kier molecular flexibility index (Phi) is 9.45. The van der Waals surface area contributed by atoms with E-state index in [4.69, 9.17) is 15.0 Å². The van der Waals surface area contributed by atoms with Gasteiger partial charge in [-0.3, -0.25) is 0 Å². The third kappa shape index (κ3) is 6.09. The Morgan fingerprint density at radius 1 is 1.35 bits per heavy atom. The van der Waals surface area contributed by atoms with Crippen molar-refractivity contribution in [2.24, 2.45) is 5.11 Å². The van der Waals surface area contributed by atoms with Crippen LogP contribution >= 0.6 is 24.4 Å². The van der Waals surface area contributed by atoms with Gasteiger partial charge in [-0.25, -0.2) is 0 Å². The van der Waals surface area contributed by atoms with Crippen LogP contribution in [0.3, 0.4) is 0 Å². The molecule has 1 fully saturated rings. The van der Waals surface area contributed by atoms with Crippen molar-refractivity contribution in [2.45, 2.75) is 37.4 Å². The number of rotatable bonds is 9. The first-order valence-corrected chi connectivity index (χ1v) is 8.31. The number of ether oxygens (including phenoxy) is 2. The topological polar surface area (TPSA) is 108 Å². The molecule has 1 aliphatic heterocycles. The smallest absolute Gasteiger partial charge is 0.185 e. The molecule has 0 aliphatic carbocycles. The molecule has 20 heavy (non-hydrogen) atoms. The lowest BCUT2D eigenvalue weighted by molar-refractivity contribution is -0.247. The van der Waals surface area contributed by atoms with E-state index in [9.17, 15) is 10.2 Å². The van der Waals surface area contributed by atoms with Crippen molar-refractivity contribution in [2.75, 3.05) is 30.5 Å². The maximum Gasteiger partial charge on any atom is 0.185 e. The van der Waals surface area contributed by atoms with Crippen molar-refractivity contribution in [3.05, 3.63) is 10.4 Å². The number of azide groups is 1. The maximum absolute atomic E-state index is 9.81. The summed E-state index contributed by atoms with van der Waals surface area (Å²) in [5, 5.41) is 22.9. The van der Waals surface area contributed by atoms with Crippen molar-refractivity contribution in [1.82, 2.24) is 0 Å². The van der Waals surface area contributed by atoms with Crippen LogP contribution in [-0.2, 0) is 9.47 Å². The van der Waals surface area contributed by atoms with Crippen LogP contribution in [0.15, 0.2) is 5.11 Å². The van der Waals surface area contributed by atoms with E-state index in [0.717, 1.165) is 30.1 Å². The second-order valence-corrected chi connectivity index (χ2v) is 6.04. The Bertz CT molecular complexity index is 318. The number of nitrogens with zero attached hydrogens (tertiary/aromatic N) is 3. The van der Waals surface area contributed by atoms with Gasteiger partial charge in [0.25, 0.3) is 0 Å². The number of hydrogen-bond donors (Lipinski definition) is 3. The van der Waals surface area contributed by atoms with Gasteiger partial charge in [-0.1, -0.05) is 5.11 Å². The highest BCUT2D eigenvalue weighted by atomic mass is 32.2. The van der Waals surface area contributed by atoms with Gasteiger partial charge in [0.1, 0.15) is 6.10 Å². The lowest BCUT2D eigenvalue weighted by Gasteiger charge is -2.35. The highest BCUT2D eigenvalue weighted by Crippen LogP contribution is 2.19. The van der Waals surface area contributed by atoms with Gasteiger partial charge in [0.05, 0.1) is 25.4 Å². The van der Waals surface area contributed by atoms with E-state index >= 15 is 0 Å². The fourth-order valence-corrected chi connectivity index (χ4v) is 2.97. The highest BCUT2D eigenvalue weighted by molar-refractivity contribution is 7.99. The van der Waals surface area contributed by atoms with Gasteiger partial charge in [-0.15, -0.1) is 0 Å². The third-order valence-electron chi connectivity index (χ3n) is 2.82. The van der Waals surface area contributed by atoms with E-state index in [2.05, 4.69) is 22.7 Å². The zero-order chi connectivity index (χ0) is 14.8. The van der Waals surface area contributed by atoms with Crippen LogP contribution in [0.1, 0.15) is 12.8 Å². The average molecular weight is 323 g/mol. The fourth-order valence-electron chi connectivity index (χ4n) is 1.72. The minimum atomic E-state index is -1.20. The second kappa shape index (κ2) is 10.6. The molecule has 0 bridgehead atoms. The van der Waals surface area contributed by atoms with Crippen molar-refractivity contribution in [3.8, 4) is 0 Å². The fraction of sp³-hybridized carbons (Fsp3) is 1.00. The Hall–Kier alpha value is -0.150. The number of thiol groups is 1. The molecule has 0 radical (unpaired) electrons. The molecule has 0 saturated carbocycles. The van der Waals surface area contributed by atoms with Crippen molar-refractivity contribution < 1.29 is 19.7 Å². The molecular formula is C11H21N3O4S2. The SMILES string of the molecule is [N-]=[N+]=N[C@H]1CO[C@H](OCCCSCCCS)[C@H](O)[C@H]1O. The first-order valence-electron chi connectivity index (χ1n) is 6.53. The number of thioether (sulfide) groups is 1. The van der Waals surface area contributed by atoms with Gasteiger partial charge in [0, 0.05) is 4.91 Å². The van der Waals surface area contributed by atoms with Gasteiger partial charge < -0.3 is 19.7 Å². The molecular weight excluding hydrogens is 302 g/mol. The van der Waals surface area contributed by atoms with Crippen molar-refractivity contribution >= 4 is 24.4 Å². The van der Waals surface area contributed by atoms with E-state index in [1.165, 1.54) is 0 Å². The largest absolute Gasteiger partial charge is 0.390 e. The lowest BCUT2D eigenvalue weighted by Crippen LogP contribution is -2.53. The van der Waals surface area contributed by atoms with Gasteiger partial charge >= 0.3 is 0 Å². The van der Waals surface area contributed by atoms with Crippen LogP contribution in [0, 0.1) is 0 Å². The summed E-state index contributed by atoms with van der Waals surface area (Å²) in [5.74, 6) is 2.95. The molecule has 9 heteroatoms. The van der Waals surface area contributed by atoms with Crippen molar-refractivity contribution in [3.63, 3.8) is 0 Å². The molecule has 0 aromatic heterocycles. The van der Waals surface area contributed by atoms with Crippen molar-refractivity contribution in [1.29, 1.82) is 0 Å². The second-order valence-electron chi connectivity index (χ2n) is 4.37. The van der Waals surface area contributed by atoms with Gasteiger partial charge in [0.15, 0.2) is 6.29 Å². The molecule has 0 aromatic carbocycles. The van der Waals surface area contributed by atoms with E-state index in [0.29, 0.717) is 6.61 Å². The normalized spacial score (nSPS) is 29.9. The zero-order valence-corrected chi connectivity index (χ0v) is 12.9. The van der Waals surface area contributed by atoms with Gasteiger partial charge in [-0.2, -0.15) is 24.4 Å². The van der Waals surface area contributed by atoms with Gasteiger partial charge in [-0.05, 0) is 35.6 Å². The number of aliphatic hydroxyl groups is 2. The summed E-state index contributed by atoms with van der Waals surface area (Å²) in [4.78, 5) is 2.61. The monoisotopic (exact) mass is 323 g/mol.